The third-order valence-electron chi connectivity index (χ3n) is 6.23. The molecule has 4 aromatic rings. The third kappa shape index (κ3) is 5.77. The van der Waals surface area contributed by atoms with Crippen LogP contribution in [0.5, 0.6) is 5.75 Å². The van der Waals surface area contributed by atoms with Gasteiger partial charge in [-0.2, -0.15) is 10.4 Å². The molecule has 202 valence electrons. The molecule has 2 aromatic carbocycles. The molecule has 12 heteroatoms. The Morgan fingerprint density at radius 1 is 1.18 bits per heavy atom. The fourth-order valence-electron chi connectivity index (χ4n) is 4.30. The molecule has 0 saturated carbocycles. The van der Waals surface area contributed by atoms with Crippen molar-refractivity contribution in [3.05, 3.63) is 65.5 Å². The largest absolute Gasteiger partial charge is 0.497 e. The van der Waals surface area contributed by atoms with Crippen LogP contribution in [-0.2, 0) is 7.05 Å². The van der Waals surface area contributed by atoms with Crippen LogP contribution in [0.25, 0.3) is 10.9 Å². The lowest BCUT2D eigenvalue weighted by Gasteiger charge is -2.26. The fourth-order valence-corrected chi connectivity index (χ4v) is 4.30. The number of methoxy groups -OCH3 is 1. The van der Waals surface area contributed by atoms with Gasteiger partial charge in [-0.3, -0.25) is 4.68 Å². The Morgan fingerprint density at radius 2 is 1.90 bits per heavy atom. The van der Waals surface area contributed by atoms with E-state index in [1.165, 1.54) is 7.11 Å². The first-order chi connectivity index (χ1) is 18.6. The van der Waals surface area contributed by atoms with Crippen LogP contribution in [0.3, 0.4) is 0 Å². The number of aromatic nitrogens is 3. The quantitative estimate of drug-likeness (QED) is 0.243. The van der Waals surface area contributed by atoms with E-state index in [0.29, 0.717) is 17.0 Å². The van der Waals surface area contributed by atoms with Crippen molar-refractivity contribution >= 4 is 40.1 Å². The standard InChI is InChI=1S/C27H29FN8O3/c1-15(30-27(37)38)23(16-6-9-19(39-5)10-7-16)32-25-21(28)12-17(14-29)24(33-25)31-18-8-11-22-20(13-18)26(35(2)3)34-36(22)4/h6-13,15,23,30H,1-5H3,(H,37,38)(H2,31,32,33)/t15-,23+/m0/s1. The summed E-state index contributed by atoms with van der Waals surface area (Å²) in [4.78, 5) is 17.7. The maximum atomic E-state index is 15.2. The summed E-state index contributed by atoms with van der Waals surface area (Å²) in [6.45, 7) is 1.65. The van der Waals surface area contributed by atoms with E-state index in [4.69, 9.17) is 4.74 Å². The van der Waals surface area contributed by atoms with E-state index in [9.17, 15) is 15.2 Å². The molecule has 4 rings (SSSR count). The van der Waals surface area contributed by atoms with Gasteiger partial charge in [-0.25, -0.2) is 14.2 Å². The first-order valence-corrected chi connectivity index (χ1v) is 12.0. The lowest BCUT2D eigenvalue weighted by Crippen LogP contribution is -2.39. The minimum atomic E-state index is -1.22. The average molecular weight is 533 g/mol. The molecule has 4 N–H and O–H groups in total. The molecule has 2 heterocycles. The van der Waals surface area contributed by atoms with Crippen molar-refractivity contribution < 1.29 is 19.0 Å². The summed E-state index contributed by atoms with van der Waals surface area (Å²) < 4.78 is 22.1. The van der Waals surface area contributed by atoms with Gasteiger partial charge in [-0.15, -0.1) is 0 Å². The van der Waals surface area contributed by atoms with Crippen molar-refractivity contribution in [1.29, 1.82) is 5.26 Å². The Bertz CT molecular complexity index is 1550. The van der Waals surface area contributed by atoms with Gasteiger partial charge in [-0.1, -0.05) is 12.1 Å². The van der Waals surface area contributed by atoms with Crippen LogP contribution in [0.4, 0.5) is 32.3 Å². The van der Waals surface area contributed by atoms with Crippen molar-refractivity contribution in [2.45, 2.75) is 19.0 Å². The summed E-state index contributed by atoms with van der Waals surface area (Å²) in [5.74, 6) is 0.633. The number of nitrogens with one attached hydrogen (secondary N) is 3. The number of aryl methyl sites for hydroxylation is 1. The number of hydrogen-bond donors (Lipinski definition) is 4. The molecule has 0 aliphatic rings. The first kappa shape index (κ1) is 27.0. The number of fused-ring (bicyclic) bond motifs is 1. The number of rotatable bonds is 9. The van der Waals surface area contributed by atoms with Gasteiger partial charge < -0.3 is 30.7 Å². The van der Waals surface area contributed by atoms with Crippen molar-refractivity contribution in [3.8, 4) is 11.8 Å². The van der Waals surface area contributed by atoms with Gasteiger partial charge in [0.1, 0.15) is 11.8 Å². The number of carbonyl (C=O) groups is 1. The summed E-state index contributed by atoms with van der Waals surface area (Å²) in [6.07, 6.45) is -1.22. The maximum Gasteiger partial charge on any atom is 0.404 e. The minimum absolute atomic E-state index is 0.00914. The summed E-state index contributed by atoms with van der Waals surface area (Å²) >= 11 is 0. The molecule has 0 radical (unpaired) electrons. The van der Waals surface area contributed by atoms with Crippen LogP contribution in [0.15, 0.2) is 48.5 Å². The van der Waals surface area contributed by atoms with Crippen LogP contribution in [0, 0.1) is 17.1 Å². The number of carboxylic acid groups (broad SMARTS) is 1. The van der Waals surface area contributed by atoms with E-state index in [2.05, 4.69) is 26.0 Å². The van der Waals surface area contributed by atoms with Gasteiger partial charge in [0.2, 0.25) is 0 Å². The minimum Gasteiger partial charge on any atom is -0.497 e. The fraction of sp³-hybridized carbons (Fsp3) is 0.259. The highest BCUT2D eigenvalue weighted by Crippen LogP contribution is 2.31. The highest BCUT2D eigenvalue weighted by molar-refractivity contribution is 5.93. The third-order valence-corrected chi connectivity index (χ3v) is 6.23. The number of nitrogens with zero attached hydrogens (tertiary/aromatic N) is 5. The van der Waals surface area contributed by atoms with Gasteiger partial charge in [0, 0.05) is 32.2 Å². The van der Waals surface area contributed by atoms with Crippen LogP contribution in [-0.4, -0.2) is 53.2 Å². The molecule has 0 saturated heterocycles. The molecule has 1 amide bonds. The highest BCUT2D eigenvalue weighted by Gasteiger charge is 2.24. The van der Waals surface area contributed by atoms with E-state index in [0.717, 1.165) is 22.8 Å². The van der Waals surface area contributed by atoms with Crippen LogP contribution in [0.2, 0.25) is 0 Å². The monoisotopic (exact) mass is 532 g/mol. The molecule has 39 heavy (non-hydrogen) atoms. The number of anilines is 4. The molecule has 2 atom stereocenters. The summed E-state index contributed by atoms with van der Waals surface area (Å²) in [6, 6.07) is 14.3. The number of pyridine rings is 1. The molecule has 0 aliphatic heterocycles. The van der Waals surface area contributed by atoms with E-state index >= 15 is 4.39 Å². The van der Waals surface area contributed by atoms with Crippen molar-refractivity contribution in [1.82, 2.24) is 20.1 Å². The summed E-state index contributed by atoms with van der Waals surface area (Å²) in [5, 5.41) is 32.9. The smallest absolute Gasteiger partial charge is 0.404 e. The SMILES string of the molecule is COc1ccc([C@H](Nc2nc(Nc3ccc4c(c3)c(N(C)C)nn4C)c(C#N)cc2F)[C@H](C)NC(=O)O)cc1. The molecule has 0 bridgehead atoms. The maximum absolute atomic E-state index is 15.2. The molecule has 0 fully saturated rings. The zero-order chi connectivity index (χ0) is 28.3. The van der Waals surface area contributed by atoms with Gasteiger partial charge in [-0.05, 0) is 48.9 Å². The number of ether oxygens (including phenoxy) is 1. The Labute approximate surface area is 224 Å². The number of benzene rings is 2. The molecule has 0 spiro atoms. The van der Waals surface area contributed by atoms with Gasteiger partial charge in [0.25, 0.3) is 0 Å². The lowest BCUT2D eigenvalue weighted by atomic mass is 10.00. The second-order valence-corrected chi connectivity index (χ2v) is 9.16. The zero-order valence-electron chi connectivity index (χ0n) is 22.2. The van der Waals surface area contributed by atoms with E-state index in [1.54, 1.807) is 35.9 Å². The topological polar surface area (TPSA) is 140 Å². The number of halogens is 1. The number of amides is 1. The van der Waals surface area contributed by atoms with Gasteiger partial charge in [0.15, 0.2) is 23.3 Å². The Kier molecular flexibility index (Phi) is 7.71. The Morgan fingerprint density at radius 3 is 2.51 bits per heavy atom. The van der Waals surface area contributed by atoms with Crippen LogP contribution >= 0.6 is 0 Å². The molecular weight excluding hydrogens is 503 g/mol. The van der Waals surface area contributed by atoms with E-state index in [-0.39, 0.29) is 17.2 Å². The van der Waals surface area contributed by atoms with Gasteiger partial charge >= 0.3 is 6.09 Å². The van der Waals surface area contributed by atoms with Crippen molar-refractivity contribution in [2.75, 3.05) is 36.7 Å². The van der Waals surface area contributed by atoms with Crippen molar-refractivity contribution in [2.24, 2.45) is 7.05 Å². The van der Waals surface area contributed by atoms with Crippen LogP contribution < -0.4 is 25.6 Å². The zero-order valence-corrected chi connectivity index (χ0v) is 22.2. The second-order valence-electron chi connectivity index (χ2n) is 9.16. The lowest BCUT2D eigenvalue weighted by molar-refractivity contribution is 0.189. The number of nitriles is 1. The molecule has 2 aromatic heterocycles. The average Bonchev–Trinajstić information content (AvgIpc) is 3.24. The predicted molar refractivity (Wildman–Crippen MR) is 147 cm³/mol. The molecular formula is C27H29FN8O3. The van der Waals surface area contributed by atoms with Crippen molar-refractivity contribution in [3.63, 3.8) is 0 Å². The van der Waals surface area contributed by atoms with E-state index < -0.39 is 24.0 Å². The highest BCUT2D eigenvalue weighted by atomic mass is 19.1. The summed E-state index contributed by atoms with van der Waals surface area (Å²) in [7, 11) is 7.19. The number of hydrogen-bond acceptors (Lipinski definition) is 8. The van der Waals surface area contributed by atoms with E-state index in [1.807, 2.05) is 50.3 Å². The second kappa shape index (κ2) is 11.1. The Balaban J connectivity index is 1.71. The Hall–Kier alpha value is -5.05. The molecule has 0 unspecified atom stereocenters. The summed E-state index contributed by atoms with van der Waals surface area (Å²) in [5.41, 5.74) is 2.24. The van der Waals surface area contributed by atoms with Gasteiger partial charge in [0.05, 0.1) is 30.3 Å². The molecule has 0 aliphatic carbocycles. The molecule has 11 nitrogen and oxygen atoms in total. The normalized spacial score (nSPS) is 12.3. The van der Waals surface area contributed by atoms with Crippen LogP contribution in [0.1, 0.15) is 24.1 Å². The predicted octanol–water partition coefficient (Wildman–Crippen LogP) is 4.61. The first-order valence-electron chi connectivity index (χ1n) is 12.0.